The van der Waals surface area contributed by atoms with E-state index in [1.54, 1.807) is 13.8 Å². The topological polar surface area (TPSA) is 83.8 Å². The summed E-state index contributed by atoms with van der Waals surface area (Å²) in [6.07, 6.45) is 1.36. The van der Waals surface area contributed by atoms with Gasteiger partial charge < -0.3 is 14.9 Å². The summed E-state index contributed by atoms with van der Waals surface area (Å²) in [5.41, 5.74) is 0.465. The van der Waals surface area contributed by atoms with Gasteiger partial charge in [0.2, 0.25) is 0 Å². The lowest BCUT2D eigenvalue weighted by Crippen LogP contribution is -2.03. The number of esters is 1. The molecule has 2 N–H and O–H groups in total. The predicted octanol–water partition coefficient (Wildman–Crippen LogP) is 0.745. The molecule has 0 unspecified atom stereocenters. The van der Waals surface area contributed by atoms with Crippen LogP contribution in [0.2, 0.25) is 0 Å². The van der Waals surface area contributed by atoms with Gasteiger partial charge in [-0.25, -0.2) is 9.59 Å². The van der Waals surface area contributed by atoms with Gasteiger partial charge in [-0.05, 0) is 13.8 Å². The Kier molecular flexibility index (Phi) is 9.45. The molecule has 15 heavy (non-hydrogen) atoms. The number of aliphatic carboxylic acids is 1. The molecule has 0 aromatic heterocycles. The highest BCUT2D eigenvalue weighted by Gasteiger charge is 2.00. The average molecular weight is 216 g/mol. The number of aliphatic hydroxyl groups excluding tert-OH is 1. The zero-order valence-corrected chi connectivity index (χ0v) is 9.11. The van der Waals surface area contributed by atoms with Crippen LogP contribution in [-0.2, 0) is 14.3 Å². The Morgan fingerprint density at radius 1 is 1.47 bits per heavy atom. The van der Waals surface area contributed by atoms with Gasteiger partial charge in [-0.2, -0.15) is 0 Å². The van der Waals surface area contributed by atoms with Crippen LogP contribution in [0.5, 0.6) is 0 Å². The first-order valence-electron chi connectivity index (χ1n) is 4.13. The number of allylic oxidation sites excluding steroid dienone is 1. The maximum Gasteiger partial charge on any atom is 0.333 e. The van der Waals surface area contributed by atoms with Crippen molar-refractivity contribution in [2.24, 2.45) is 0 Å². The zero-order chi connectivity index (χ0) is 12.4. The van der Waals surface area contributed by atoms with Gasteiger partial charge in [0.05, 0.1) is 19.3 Å². The number of carbonyl (C=O) groups is 2. The second kappa shape index (κ2) is 8.96. The minimum absolute atomic E-state index is 0.0324. The highest BCUT2D eigenvalue weighted by atomic mass is 16.5. The summed E-state index contributed by atoms with van der Waals surface area (Å²) in [5.74, 6) is -1.41. The number of hydrogen-bond acceptors (Lipinski definition) is 4. The van der Waals surface area contributed by atoms with Crippen molar-refractivity contribution in [1.29, 1.82) is 0 Å². The van der Waals surface area contributed by atoms with E-state index in [0.29, 0.717) is 5.57 Å². The SMILES string of the molecule is C=C(C)C(=O)OC.CC=C(CO)C(=O)O. The summed E-state index contributed by atoms with van der Waals surface area (Å²) in [7, 11) is 1.33. The number of methoxy groups -OCH3 is 1. The predicted molar refractivity (Wildman–Crippen MR) is 55.3 cm³/mol. The van der Waals surface area contributed by atoms with Crippen LogP contribution in [-0.4, -0.2) is 35.9 Å². The van der Waals surface area contributed by atoms with Gasteiger partial charge in [0.15, 0.2) is 0 Å². The first-order chi connectivity index (χ1) is 6.90. The molecule has 0 bridgehead atoms. The number of ether oxygens (including phenoxy) is 1. The highest BCUT2D eigenvalue weighted by Crippen LogP contribution is 1.89. The molecule has 5 heteroatoms. The molecule has 0 atom stereocenters. The van der Waals surface area contributed by atoms with Crippen LogP contribution in [0.4, 0.5) is 0 Å². The monoisotopic (exact) mass is 216 g/mol. The quantitative estimate of drug-likeness (QED) is 0.537. The van der Waals surface area contributed by atoms with Crippen molar-refractivity contribution in [2.75, 3.05) is 13.7 Å². The Morgan fingerprint density at radius 3 is 1.93 bits per heavy atom. The van der Waals surface area contributed by atoms with Crippen LogP contribution >= 0.6 is 0 Å². The van der Waals surface area contributed by atoms with Crippen LogP contribution in [0.25, 0.3) is 0 Å². The first kappa shape index (κ1) is 15.8. The lowest BCUT2D eigenvalue weighted by Gasteiger charge is -1.91. The summed E-state index contributed by atoms with van der Waals surface area (Å²) < 4.78 is 4.27. The van der Waals surface area contributed by atoms with Gasteiger partial charge in [-0.3, -0.25) is 0 Å². The fourth-order valence-corrected chi connectivity index (χ4v) is 0.457. The van der Waals surface area contributed by atoms with Gasteiger partial charge in [0.1, 0.15) is 0 Å². The minimum atomic E-state index is -1.06. The number of aliphatic hydroxyl groups is 1. The average Bonchev–Trinajstić information content (AvgIpc) is 2.18. The fraction of sp³-hybridized carbons (Fsp3) is 0.400. The molecule has 0 aliphatic rings. The second-order valence-electron chi connectivity index (χ2n) is 2.55. The molecule has 0 radical (unpaired) electrons. The van der Waals surface area contributed by atoms with Crippen molar-refractivity contribution in [2.45, 2.75) is 13.8 Å². The summed E-state index contributed by atoms with van der Waals surface area (Å²) in [6.45, 7) is 6.13. The summed E-state index contributed by atoms with van der Waals surface area (Å²) in [4.78, 5) is 20.1. The molecular weight excluding hydrogens is 200 g/mol. The Bertz CT molecular complexity index is 265. The minimum Gasteiger partial charge on any atom is -0.478 e. The molecule has 0 aliphatic carbocycles. The Morgan fingerprint density at radius 2 is 1.93 bits per heavy atom. The molecule has 0 spiro atoms. The number of carbonyl (C=O) groups excluding carboxylic acids is 1. The van der Waals surface area contributed by atoms with Crippen molar-refractivity contribution in [1.82, 2.24) is 0 Å². The Hall–Kier alpha value is -1.62. The summed E-state index contributed by atoms with van der Waals surface area (Å²) in [6, 6.07) is 0. The smallest absolute Gasteiger partial charge is 0.333 e. The second-order valence-corrected chi connectivity index (χ2v) is 2.55. The van der Waals surface area contributed by atoms with Crippen LogP contribution in [0.3, 0.4) is 0 Å². The molecule has 0 saturated carbocycles. The van der Waals surface area contributed by atoms with E-state index in [9.17, 15) is 9.59 Å². The van der Waals surface area contributed by atoms with Crippen molar-refractivity contribution in [3.63, 3.8) is 0 Å². The molecule has 0 amide bonds. The Labute approximate surface area is 88.7 Å². The van der Waals surface area contributed by atoms with Crippen molar-refractivity contribution >= 4 is 11.9 Å². The van der Waals surface area contributed by atoms with E-state index in [2.05, 4.69) is 11.3 Å². The van der Waals surface area contributed by atoms with Gasteiger partial charge in [-0.1, -0.05) is 12.7 Å². The molecule has 0 aromatic carbocycles. The van der Waals surface area contributed by atoms with Gasteiger partial charge in [-0.15, -0.1) is 0 Å². The largest absolute Gasteiger partial charge is 0.478 e. The summed E-state index contributed by atoms with van der Waals surface area (Å²) in [5, 5.41) is 16.4. The van der Waals surface area contributed by atoms with Crippen LogP contribution < -0.4 is 0 Å². The zero-order valence-electron chi connectivity index (χ0n) is 9.11. The number of hydrogen-bond donors (Lipinski definition) is 2. The lowest BCUT2D eigenvalue weighted by atomic mass is 10.3. The van der Waals surface area contributed by atoms with E-state index in [1.165, 1.54) is 13.2 Å². The van der Waals surface area contributed by atoms with E-state index in [-0.39, 0.29) is 11.5 Å². The summed E-state index contributed by atoms with van der Waals surface area (Å²) >= 11 is 0. The third-order valence-electron chi connectivity index (χ3n) is 1.33. The van der Waals surface area contributed by atoms with Gasteiger partial charge in [0.25, 0.3) is 0 Å². The molecule has 0 heterocycles. The third-order valence-corrected chi connectivity index (χ3v) is 1.33. The normalized spacial score (nSPS) is 9.73. The van der Waals surface area contributed by atoms with Crippen molar-refractivity contribution in [3.8, 4) is 0 Å². The third kappa shape index (κ3) is 8.70. The molecule has 0 rings (SSSR count). The van der Waals surface area contributed by atoms with E-state index in [1.807, 2.05) is 0 Å². The number of carboxylic acids is 1. The lowest BCUT2D eigenvalue weighted by molar-refractivity contribution is -0.136. The molecule has 0 saturated heterocycles. The van der Waals surface area contributed by atoms with Crippen LogP contribution in [0.15, 0.2) is 23.8 Å². The standard InChI is InChI=1S/C5H8O3.C5H8O2/c1-2-4(3-6)5(7)8;1-4(2)5(6)7-3/h2,6H,3H2,1H3,(H,7,8);1H2,2-3H3. The Balaban J connectivity index is 0. The van der Waals surface area contributed by atoms with Crippen molar-refractivity contribution < 1.29 is 24.5 Å². The molecule has 86 valence electrons. The van der Waals surface area contributed by atoms with E-state index in [4.69, 9.17) is 10.2 Å². The van der Waals surface area contributed by atoms with Gasteiger partial charge in [0, 0.05) is 5.57 Å². The first-order valence-corrected chi connectivity index (χ1v) is 4.13. The molecule has 0 fully saturated rings. The van der Waals surface area contributed by atoms with Crippen LogP contribution in [0, 0.1) is 0 Å². The number of rotatable bonds is 3. The maximum absolute atomic E-state index is 10.2. The number of carboxylic acid groups (broad SMARTS) is 1. The molecule has 0 aliphatic heterocycles. The molecule has 0 aromatic rings. The van der Waals surface area contributed by atoms with E-state index >= 15 is 0 Å². The molecular formula is C10H16O5. The van der Waals surface area contributed by atoms with E-state index in [0.717, 1.165) is 0 Å². The van der Waals surface area contributed by atoms with E-state index < -0.39 is 12.6 Å². The van der Waals surface area contributed by atoms with Crippen LogP contribution in [0.1, 0.15) is 13.8 Å². The van der Waals surface area contributed by atoms with Crippen molar-refractivity contribution in [3.05, 3.63) is 23.8 Å². The maximum atomic E-state index is 10.2. The molecule has 5 nitrogen and oxygen atoms in total. The van der Waals surface area contributed by atoms with Gasteiger partial charge >= 0.3 is 11.9 Å². The fourth-order valence-electron chi connectivity index (χ4n) is 0.457. The highest BCUT2D eigenvalue weighted by molar-refractivity contribution is 5.87.